The molecule has 13 nitrogen and oxygen atoms in total. The van der Waals surface area contributed by atoms with E-state index in [9.17, 15) is 27.6 Å². The molecule has 4 amide bonds. The number of hydrogen-bond acceptors (Lipinski definition) is 8. The fourth-order valence-corrected chi connectivity index (χ4v) is 5.78. The zero-order valence-electron chi connectivity index (χ0n) is 28.1. The predicted molar refractivity (Wildman–Crippen MR) is 186 cm³/mol. The Morgan fingerprint density at radius 3 is 2.42 bits per heavy atom. The van der Waals surface area contributed by atoms with E-state index in [1.165, 1.54) is 0 Å². The van der Waals surface area contributed by atoms with Crippen LogP contribution in [0.2, 0.25) is 0 Å². The van der Waals surface area contributed by atoms with E-state index >= 15 is 0 Å². The van der Waals surface area contributed by atoms with Crippen LogP contribution >= 0.6 is 0 Å². The van der Waals surface area contributed by atoms with E-state index in [-0.39, 0.29) is 17.8 Å². The first-order chi connectivity index (χ1) is 24.8. The van der Waals surface area contributed by atoms with Gasteiger partial charge in [0.15, 0.2) is 0 Å². The molecule has 0 spiro atoms. The number of amides is 4. The summed E-state index contributed by atoms with van der Waals surface area (Å²) in [5.74, 6) is -3.46. The van der Waals surface area contributed by atoms with Crippen molar-refractivity contribution in [1.29, 1.82) is 0 Å². The quantitative estimate of drug-likeness (QED) is 0.178. The average molecular weight is 719 g/mol. The first kappa shape index (κ1) is 37.4. The van der Waals surface area contributed by atoms with Crippen LogP contribution in [0.5, 0.6) is 0 Å². The van der Waals surface area contributed by atoms with Crippen LogP contribution in [0.1, 0.15) is 54.4 Å². The van der Waals surface area contributed by atoms with E-state index in [0.717, 1.165) is 38.9 Å². The number of fused-ring (bicyclic) bond motifs is 2. The molecular weight excluding hydrogens is 681 g/mol. The molecule has 1 unspecified atom stereocenters. The van der Waals surface area contributed by atoms with Crippen molar-refractivity contribution in [3.8, 4) is 0 Å². The van der Waals surface area contributed by atoms with Gasteiger partial charge in [-0.05, 0) is 72.4 Å². The number of alkyl halides is 3. The molecule has 2 aromatic heterocycles. The van der Waals surface area contributed by atoms with Gasteiger partial charge in [0.05, 0.1) is 23.2 Å². The number of hydrazone groups is 1. The molecule has 0 radical (unpaired) electrons. The van der Waals surface area contributed by atoms with E-state index in [1.54, 1.807) is 35.4 Å². The molecule has 272 valence electrons. The number of nitrogens with two attached hydrogens (primary N) is 1. The second kappa shape index (κ2) is 16.4. The molecule has 4 heterocycles. The van der Waals surface area contributed by atoms with Crippen molar-refractivity contribution in [2.75, 3.05) is 18.4 Å². The number of carboxylic acids is 1. The van der Waals surface area contributed by atoms with E-state index in [1.807, 2.05) is 60.7 Å². The summed E-state index contributed by atoms with van der Waals surface area (Å²) in [6.07, 6.45) is 1.98. The SMILES string of the molecule is C[C@H](N)C(=O)NCCCCN1N=C(c2ccc(NC(=O)N3Cc4ccncc4C3)cc2)CC(c2cccc3ncccc23)C1=O.O=C(O)C(F)(F)F. The Morgan fingerprint density at radius 2 is 1.73 bits per heavy atom. The molecule has 5 N–H and O–H groups in total. The molecule has 6 rings (SSSR count). The molecule has 2 aromatic carbocycles. The zero-order valence-corrected chi connectivity index (χ0v) is 28.1. The largest absolute Gasteiger partial charge is 0.490 e. The van der Waals surface area contributed by atoms with Gasteiger partial charge in [-0.15, -0.1) is 0 Å². The zero-order chi connectivity index (χ0) is 37.4. The molecule has 52 heavy (non-hydrogen) atoms. The van der Waals surface area contributed by atoms with Gasteiger partial charge in [0, 0.05) is 62.3 Å². The van der Waals surface area contributed by atoms with Crippen molar-refractivity contribution in [2.45, 2.75) is 57.4 Å². The summed E-state index contributed by atoms with van der Waals surface area (Å²) in [7, 11) is 0. The molecule has 2 aliphatic rings. The summed E-state index contributed by atoms with van der Waals surface area (Å²) in [5, 5.41) is 20.2. The lowest BCUT2D eigenvalue weighted by atomic mass is 9.86. The number of pyridine rings is 2. The Balaban J connectivity index is 0.000000679. The third kappa shape index (κ3) is 9.25. The van der Waals surface area contributed by atoms with Crippen molar-refractivity contribution < 1.29 is 37.5 Å². The highest BCUT2D eigenvalue weighted by Crippen LogP contribution is 2.33. The smallest absolute Gasteiger partial charge is 0.475 e. The number of nitrogens with one attached hydrogen (secondary N) is 2. The fraction of sp³-hybridized carbons (Fsp3) is 0.306. The highest BCUT2D eigenvalue weighted by molar-refractivity contribution is 6.07. The summed E-state index contributed by atoms with van der Waals surface area (Å²) < 4.78 is 31.7. The van der Waals surface area contributed by atoms with Crippen LogP contribution < -0.4 is 16.4 Å². The Hall–Kier alpha value is -5.90. The van der Waals surface area contributed by atoms with Crippen molar-refractivity contribution in [1.82, 2.24) is 25.2 Å². The lowest BCUT2D eigenvalue weighted by Crippen LogP contribution is -2.40. The van der Waals surface area contributed by atoms with Crippen molar-refractivity contribution in [3.05, 3.63) is 102 Å². The molecule has 2 aliphatic heterocycles. The van der Waals surface area contributed by atoms with E-state index in [0.29, 0.717) is 51.1 Å². The van der Waals surface area contributed by atoms with Gasteiger partial charge < -0.3 is 26.4 Å². The number of halogens is 3. The molecule has 0 fully saturated rings. The van der Waals surface area contributed by atoms with E-state index in [2.05, 4.69) is 20.6 Å². The van der Waals surface area contributed by atoms with Gasteiger partial charge in [-0.1, -0.05) is 30.3 Å². The number of carbonyl (C=O) groups is 4. The topological polar surface area (TPSA) is 183 Å². The number of carboxylic acid groups (broad SMARTS) is 1. The minimum absolute atomic E-state index is 0.0691. The van der Waals surface area contributed by atoms with Gasteiger partial charge in [-0.3, -0.25) is 19.6 Å². The van der Waals surface area contributed by atoms with Gasteiger partial charge in [-0.25, -0.2) is 14.6 Å². The predicted octanol–water partition coefficient (Wildman–Crippen LogP) is 4.77. The number of nitrogens with zero attached hydrogens (tertiary/aromatic N) is 5. The average Bonchev–Trinajstić information content (AvgIpc) is 3.57. The molecular formula is C36H37F3N8O5. The molecule has 2 atom stereocenters. The second-order valence-corrected chi connectivity index (χ2v) is 12.3. The molecule has 0 saturated carbocycles. The number of hydrogen-bond donors (Lipinski definition) is 4. The molecule has 4 aromatic rings. The number of rotatable bonds is 9. The summed E-state index contributed by atoms with van der Waals surface area (Å²) in [5.41, 5.74) is 11.9. The van der Waals surface area contributed by atoms with Crippen molar-refractivity contribution >= 4 is 46.1 Å². The van der Waals surface area contributed by atoms with Crippen LogP contribution in [0.15, 0.2) is 84.4 Å². The number of aliphatic carboxylic acids is 1. The van der Waals surface area contributed by atoms with Gasteiger partial charge in [0.2, 0.25) is 5.91 Å². The number of benzene rings is 2. The van der Waals surface area contributed by atoms with Crippen LogP contribution in [-0.4, -0.2) is 79.8 Å². The standard InChI is InChI=1S/C34H36N8O3.C2HF3O2/c1-22(35)32(43)38-14-2-3-17-42-33(44)29(27-6-4-8-30-28(27)7-5-15-37-30)18-31(40-42)23-9-11-26(12-10-23)39-34(45)41-20-24-13-16-36-19-25(24)21-41;3-2(4,5)1(6)7/h4-13,15-16,19,22,29H,2-3,14,17-18,20-21,35H2,1H3,(H,38,43)(H,39,45);(H,6,7)/t22-,29?;/m0./s1. The molecule has 0 aliphatic carbocycles. The Kier molecular flexibility index (Phi) is 11.8. The normalized spacial score (nSPS) is 16.0. The van der Waals surface area contributed by atoms with Crippen LogP contribution in [0.4, 0.5) is 23.7 Å². The van der Waals surface area contributed by atoms with Crippen LogP contribution in [0.25, 0.3) is 10.9 Å². The van der Waals surface area contributed by atoms with Gasteiger partial charge in [0.25, 0.3) is 5.91 Å². The minimum Gasteiger partial charge on any atom is -0.475 e. The highest BCUT2D eigenvalue weighted by atomic mass is 19.4. The Labute approximate surface area is 296 Å². The lowest BCUT2D eigenvalue weighted by molar-refractivity contribution is -0.192. The fourth-order valence-electron chi connectivity index (χ4n) is 5.78. The molecule has 0 bridgehead atoms. The maximum Gasteiger partial charge on any atom is 0.490 e. The minimum atomic E-state index is -5.08. The Bertz CT molecular complexity index is 1940. The van der Waals surface area contributed by atoms with E-state index in [4.69, 9.17) is 20.7 Å². The van der Waals surface area contributed by atoms with Crippen LogP contribution in [0.3, 0.4) is 0 Å². The third-order valence-electron chi connectivity index (χ3n) is 8.48. The monoisotopic (exact) mass is 718 g/mol. The Morgan fingerprint density at radius 1 is 1.00 bits per heavy atom. The van der Waals surface area contributed by atoms with E-state index < -0.39 is 24.1 Å². The molecule has 16 heteroatoms. The summed E-state index contributed by atoms with van der Waals surface area (Å²) in [6.45, 7) is 3.61. The number of unbranched alkanes of at least 4 members (excludes halogenated alkanes) is 1. The second-order valence-electron chi connectivity index (χ2n) is 12.3. The maximum atomic E-state index is 13.8. The first-order valence-corrected chi connectivity index (χ1v) is 16.5. The van der Waals surface area contributed by atoms with Crippen LogP contribution in [0, 0.1) is 0 Å². The summed E-state index contributed by atoms with van der Waals surface area (Å²) >= 11 is 0. The highest BCUT2D eigenvalue weighted by Gasteiger charge is 2.38. The third-order valence-corrected chi connectivity index (χ3v) is 8.48. The summed E-state index contributed by atoms with van der Waals surface area (Å²) in [4.78, 5) is 57.9. The first-order valence-electron chi connectivity index (χ1n) is 16.5. The number of urea groups is 1. The van der Waals surface area contributed by atoms with Crippen LogP contribution in [-0.2, 0) is 27.5 Å². The number of aromatic nitrogens is 2. The lowest BCUT2D eigenvalue weighted by Gasteiger charge is -2.30. The number of carbonyl (C=O) groups excluding carboxylic acids is 3. The molecule has 0 saturated heterocycles. The van der Waals surface area contributed by atoms with Gasteiger partial charge in [0.1, 0.15) is 0 Å². The maximum absolute atomic E-state index is 13.8. The van der Waals surface area contributed by atoms with Gasteiger partial charge >= 0.3 is 18.2 Å². The summed E-state index contributed by atoms with van der Waals surface area (Å²) in [6, 6.07) is 18.5. The number of anilines is 1. The van der Waals surface area contributed by atoms with Crippen molar-refractivity contribution in [2.24, 2.45) is 10.8 Å². The van der Waals surface area contributed by atoms with Gasteiger partial charge in [-0.2, -0.15) is 18.3 Å². The van der Waals surface area contributed by atoms with Crippen molar-refractivity contribution in [3.63, 3.8) is 0 Å².